The summed E-state index contributed by atoms with van der Waals surface area (Å²) in [6, 6.07) is 6.61. The van der Waals surface area contributed by atoms with Crippen LogP contribution in [0.1, 0.15) is 5.56 Å². The molecular formula is C13H18N4O3. The van der Waals surface area contributed by atoms with E-state index in [-0.39, 0.29) is 5.96 Å². The summed E-state index contributed by atoms with van der Waals surface area (Å²) < 4.78 is 0. The minimum Gasteiger partial charge on any atom is -0.465 e. The zero-order chi connectivity index (χ0) is 15.3. The van der Waals surface area contributed by atoms with Gasteiger partial charge in [0.05, 0.1) is 0 Å². The van der Waals surface area contributed by atoms with Gasteiger partial charge in [-0.05, 0) is 24.6 Å². The van der Waals surface area contributed by atoms with E-state index < -0.39 is 12.1 Å². The van der Waals surface area contributed by atoms with Crippen LogP contribution in [0.4, 0.5) is 15.3 Å². The lowest BCUT2D eigenvalue weighted by molar-refractivity contribution is 0.172. The van der Waals surface area contributed by atoms with Crippen molar-refractivity contribution in [3.8, 4) is 0 Å². The summed E-state index contributed by atoms with van der Waals surface area (Å²) in [7, 11) is 4.54. The van der Waals surface area contributed by atoms with Gasteiger partial charge in [-0.15, -0.1) is 0 Å². The number of carboxylic acid groups (broad SMARTS) is 1. The number of nitrogens with one attached hydrogen (secondary N) is 1. The number of aryl methyl sites for hydroxylation is 1. The molecule has 7 heteroatoms. The van der Waals surface area contributed by atoms with Crippen LogP contribution in [-0.2, 0) is 0 Å². The predicted octanol–water partition coefficient (Wildman–Crippen LogP) is 2.05. The number of rotatable bonds is 1. The highest BCUT2D eigenvalue weighted by Gasteiger charge is 2.17. The largest absolute Gasteiger partial charge is 0.465 e. The Bertz CT molecular complexity index is 540. The van der Waals surface area contributed by atoms with Gasteiger partial charge in [-0.1, -0.05) is 12.1 Å². The summed E-state index contributed by atoms with van der Waals surface area (Å²) in [4.78, 5) is 28.8. The fraction of sp³-hybridized carbons (Fsp3) is 0.308. The van der Waals surface area contributed by atoms with Gasteiger partial charge in [0, 0.05) is 26.8 Å². The topological polar surface area (TPSA) is 85.2 Å². The van der Waals surface area contributed by atoms with Gasteiger partial charge in [-0.25, -0.2) is 9.59 Å². The Labute approximate surface area is 117 Å². The molecule has 0 saturated carbocycles. The van der Waals surface area contributed by atoms with Crippen LogP contribution in [-0.4, -0.2) is 54.1 Å². The molecule has 0 spiro atoms. The van der Waals surface area contributed by atoms with Crippen molar-refractivity contribution < 1.29 is 14.7 Å². The fourth-order valence-electron chi connectivity index (χ4n) is 1.53. The first-order valence-electron chi connectivity index (χ1n) is 5.91. The molecular weight excluding hydrogens is 260 g/mol. The van der Waals surface area contributed by atoms with E-state index in [2.05, 4.69) is 10.3 Å². The van der Waals surface area contributed by atoms with Crippen LogP contribution in [0.25, 0.3) is 0 Å². The molecule has 3 amide bonds. The third-order valence-electron chi connectivity index (χ3n) is 2.46. The minimum absolute atomic E-state index is 0.0302. The predicted molar refractivity (Wildman–Crippen MR) is 77.1 cm³/mol. The maximum atomic E-state index is 11.8. The first kappa shape index (κ1) is 15.5. The van der Waals surface area contributed by atoms with Gasteiger partial charge >= 0.3 is 12.1 Å². The Hall–Kier alpha value is -2.57. The van der Waals surface area contributed by atoms with Crippen LogP contribution in [0.15, 0.2) is 29.3 Å². The number of anilines is 1. The summed E-state index contributed by atoms with van der Waals surface area (Å²) in [6.45, 7) is 1.91. The Balaban J connectivity index is 2.89. The molecule has 0 saturated heterocycles. The van der Waals surface area contributed by atoms with E-state index in [0.29, 0.717) is 5.69 Å². The van der Waals surface area contributed by atoms with Crippen molar-refractivity contribution in [2.24, 2.45) is 4.99 Å². The number of benzene rings is 1. The van der Waals surface area contributed by atoms with Crippen molar-refractivity contribution >= 4 is 23.8 Å². The molecule has 0 unspecified atom stereocenters. The van der Waals surface area contributed by atoms with E-state index >= 15 is 0 Å². The molecule has 0 fully saturated rings. The number of hydrogen-bond donors (Lipinski definition) is 2. The maximum absolute atomic E-state index is 11.8. The van der Waals surface area contributed by atoms with Crippen LogP contribution in [0, 0.1) is 6.92 Å². The monoisotopic (exact) mass is 278 g/mol. The van der Waals surface area contributed by atoms with E-state index in [0.717, 1.165) is 10.5 Å². The van der Waals surface area contributed by atoms with Crippen molar-refractivity contribution in [1.29, 1.82) is 0 Å². The standard InChI is InChI=1S/C13H18N4O3/c1-9-6-5-7-10(8-9)14-11(18)15-12(16(2)3)17(4)13(19)20/h5-8H,1-4H3,(H,14,18)(H,19,20). The quantitative estimate of drug-likeness (QED) is 0.608. The molecule has 7 nitrogen and oxygen atoms in total. The number of carbonyl (C=O) groups is 2. The van der Waals surface area contributed by atoms with Crippen LogP contribution < -0.4 is 5.32 Å². The molecule has 108 valence electrons. The van der Waals surface area contributed by atoms with Gasteiger partial charge < -0.3 is 15.3 Å². The number of aliphatic imine (C=N–C) groups is 1. The number of amides is 3. The molecule has 1 rings (SSSR count). The molecule has 0 bridgehead atoms. The van der Waals surface area contributed by atoms with Gasteiger partial charge in [0.25, 0.3) is 0 Å². The molecule has 0 radical (unpaired) electrons. The molecule has 0 aliphatic rings. The van der Waals surface area contributed by atoms with Crippen molar-refractivity contribution in [3.63, 3.8) is 0 Å². The zero-order valence-corrected chi connectivity index (χ0v) is 11.9. The molecule has 0 aliphatic heterocycles. The number of urea groups is 1. The Morgan fingerprint density at radius 2 is 1.90 bits per heavy atom. The highest BCUT2D eigenvalue weighted by atomic mass is 16.4. The third kappa shape index (κ3) is 4.27. The summed E-state index contributed by atoms with van der Waals surface area (Å²) in [5, 5.41) is 11.5. The van der Waals surface area contributed by atoms with E-state index in [1.807, 2.05) is 19.1 Å². The van der Waals surface area contributed by atoms with Gasteiger partial charge in [0.2, 0.25) is 5.96 Å². The van der Waals surface area contributed by atoms with Gasteiger partial charge in [-0.2, -0.15) is 4.99 Å². The third-order valence-corrected chi connectivity index (χ3v) is 2.46. The average molecular weight is 278 g/mol. The highest BCUT2D eigenvalue weighted by Crippen LogP contribution is 2.10. The molecule has 0 heterocycles. The van der Waals surface area contributed by atoms with E-state index in [9.17, 15) is 9.59 Å². The highest BCUT2D eigenvalue weighted by molar-refractivity contribution is 6.02. The second-order valence-corrected chi connectivity index (χ2v) is 4.45. The number of hydrogen-bond acceptors (Lipinski definition) is 2. The fourth-order valence-corrected chi connectivity index (χ4v) is 1.53. The van der Waals surface area contributed by atoms with Gasteiger partial charge in [0.15, 0.2) is 0 Å². The summed E-state index contributed by atoms with van der Waals surface area (Å²) in [6.07, 6.45) is -1.19. The van der Waals surface area contributed by atoms with Crippen molar-refractivity contribution in [2.45, 2.75) is 6.92 Å². The van der Waals surface area contributed by atoms with Crippen LogP contribution in [0.5, 0.6) is 0 Å². The van der Waals surface area contributed by atoms with Crippen molar-refractivity contribution in [1.82, 2.24) is 9.80 Å². The Kier molecular flexibility index (Phi) is 5.08. The van der Waals surface area contributed by atoms with Crippen molar-refractivity contribution in [3.05, 3.63) is 29.8 Å². The van der Waals surface area contributed by atoms with Crippen LogP contribution >= 0.6 is 0 Å². The Morgan fingerprint density at radius 1 is 1.25 bits per heavy atom. The second-order valence-electron chi connectivity index (χ2n) is 4.45. The SMILES string of the molecule is Cc1cccc(NC(=O)N=C(N(C)C)N(C)C(=O)O)c1. The first-order chi connectivity index (χ1) is 9.31. The molecule has 2 N–H and O–H groups in total. The lowest BCUT2D eigenvalue weighted by Gasteiger charge is -2.21. The van der Waals surface area contributed by atoms with Gasteiger partial charge in [0.1, 0.15) is 0 Å². The minimum atomic E-state index is -1.19. The summed E-state index contributed by atoms with van der Waals surface area (Å²) >= 11 is 0. The van der Waals surface area contributed by atoms with Gasteiger partial charge in [-0.3, -0.25) is 4.90 Å². The van der Waals surface area contributed by atoms with E-state index in [1.54, 1.807) is 26.2 Å². The van der Waals surface area contributed by atoms with Crippen LogP contribution in [0.2, 0.25) is 0 Å². The van der Waals surface area contributed by atoms with E-state index in [4.69, 9.17) is 5.11 Å². The molecule has 1 aromatic carbocycles. The Morgan fingerprint density at radius 3 is 2.40 bits per heavy atom. The first-order valence-corrected chi connectivity index (χ1v) is 5.91. The molecule has 1 aromatic rings. The van der Waals surface area contributed by atoms with Crippen molar-refractivity contribution in [2.75, 3.05) is 26.5 Å². The number of carbonyl (C=O) groups excluding carboxylic acids is 1. The molecule has 0 aromatic heterocycles. The second kappa shape index (κ2) is 6.55. The van der Waals surface area contributed by atoms with Crippen LogP contribution in [0.3, 0.4) is 0 Å². The average Bonchev–Trinajstić information content (AvgIpc) is 2.34. The normalized spacial score (nSPS) is 10.9. The number of guanidine groups is 1. The van der Waals surface area contributed by atoms with E-state index in [1.165, 1.54) is 11.9 Å². The summed E-state index contributed by atoms with van der Waals surface area (Å²) in [5.74, 6) is 0.0302. The number of nitrogens with zero attached hydrogens (tertiary/aromatic N) is 3. The molecule has 0 aliphatic carbocycles. The summed E-state index contributed by atoms with van der Waals surface area (Å²) in [5.41, 5.74) is 1.61. The maximum Gasteiger partial charge on any atom is 0.413 e. The lowest BCUT2D eigenvalue weighted by Crippen LogP contribution is -2.41. The lowest BCUT2D eigenvalue weighted by atomic mass is 10.2. The zero-order valence-electron chi connectivity index (χ0n) is 11.9. The smallest absolute Gasteiger partial charge is 0.413 e. The molecule has 20 heavy (non-hydrogen) atoms. The molecule has 0 atom stereocenters.